The minimum Gasteiger partial charge on any atom is -0.495 e. The lowest BCUT2D eigenvalue weighted by atomic mass is 9.89. The number of amides is 1. The fraction of sp³-hybridized carbons (Fsp3) is 0.381. The number of anilines is 1. The summed E-state index contributed by atoms with van der Waals surface area (Å²) in [4.78, 5) is 25.5. The van der Waals surface area contributed by atoms with Crippen LogP contribution in [0.5, 0.6) is 5.75 Å². The lowest BCUT2D eigenvalue weighted by Gasteiger charge is -2.24. The Balaban J connectivity index is 1.74. The van der Waals surface area contributed by atoms with E-state index in [1.807, 2.05) is 25.1 Å². The number of nitro groups is 1. The van der Waals surface area contributed by atoms with Crippen LogP contribution < -0.4 is 15.8 Å². The highest BCUT2D eigenvalue weighted by Gasteiger charge is 2.37. The number of benzene rings is 2. The Hall–Kier alpha value is -2.97. The normalized spacial score (nSPS) is 20.2. The number of carbonyl (C=O) groups excluding carboxylic acids is 1. The molecule has 8 heteroatoms. The summed E-state index contributed by atoms with van der Waals surface area (Å²) >= 11 is 0. The number of rotatable bonds is 7. The van der Waals surface area contributed by atoms with Crippen LogP contribution in [-0.2, 0) is 4.79 Å². The van der Waals surface area contributed by atoms with Crippen molar-refractivity contribution >= 4 is 17.3 Å². The smallest absolute Gasteiger partial charge is 0.271 e. The number of carbonyl (C=O) groups is 1. The summed E-state index contributed by atoms with van der Waals surface area (Å²) in [5.74, 6) is 0.664. The average Bonchev–Trinajstić information content (AvgIpc) is 3.18. The monoisotopic (exact) mass is 398 g/mol. The molecule has 0 saturated carbocycles. The maximum Gasteiger partial charge on any atom is 0.271 e. The summed E-state index contributed by atoms with van der Waals surface area (Å²) < 4.78 is 5.23. The maximum atomic E-state index is 12.9. The number of hydrogen-bond acceptors (Lipinski definition) is 6. The van der Waals surface area contributed by atoms with Gasteiger partial charge >= 0.3 is 0 Å². The molecule has 154 valence electrons. The fourth-order valence-corrected chi connectivity index (χ4v) is 3.85. The molecule has 1 aliphatic rings. The Morgan fingerprint density at radius 2 is 2.03 bits per heavy atom. The van der Waals surface area contributed by atoms with Gasteiger partial charge in [-0.3, -0.25) is 19.8 Å². The minimum absolute atomic E-state index is 0.109. The molecule has 1 fully saturated rings. The van der Waals surface area contributed by atoms with E-state index in [4.69, 9.17) is 10.5 Å². The van der Waals surface area contributed by atoms with Gasteiger partial charge in [0, 0.05) is 31.1 Å². The van der Waals surface area contributed by atoms with Crippen LogP contribution in [0.2, 0.25) is 0 Å². The molecule has 29 heavy (non-hydrogen) atoms. The highest BCUT2D eigenvalue weighted by atomic mass is 16.6. The lowest BCUT2D eigenvalue weighted by Crippen LogP contribution is -2.41. The Kier molecular flexibility index (Phi) is 6.46. The van der Waals surface area contributed by atoms with E-state index < -0.39 is 11.0 Å². The first-order valence-electron chi connectivity index (χ1n) is 9.57. The number of ether oxygens (including phenoxy) is 1. The van der Waals surface area contributed by atoms with E-state index in [0.29, 0.717) is 12.3 Å². The largest absolute Gasteiger partial charge is 0.495 e. The maximum absolute atomic E-state index is 12.9. The van der Waals surface area contributed by atoms with Crippen molar-refractivity contribution in [2.45, 2.75) is 18.9 Å². The van der Waals surface area contributed by atoms with Gasteiger partial charge in [0.25, 0.3) is 5.69 Å². The van der Waals surface area contributed by atoms with E-state index in [2.05, 4.69) is 22.3 Å². The summed E-state index contributed by atoms with van der Waals surface area (Å²) in [5.41, 5.74) is 7.40. The van der Waals surface area contributed by atoms with Gasteiger partial charge < -0.3 is 15.8 Å². The predicted octanol–water partition coefficient (Wildman–Crippen LogP) is 2.60. The second kappa shape index (κ2) is 9.02. The van der Waals surface area contributed by atoms with Crippen molar-refractivity contribution in [2.75, 3.05) is 32.1 Å². The third kappa shape index (κ3) is 4.55. The molecule has 1 heterocycles. The molecule has 1 unspecified atom stereocenters. The topological polar surface area (TPSA) is 111 Å². The minimum atomic E-state index is -0.505. The molecular weight excluding hydrogens is 372 g/mol. The number of hydrogen-bond donors (Lipinski definition) is 2. The molecule has 1 amide bonds. The number of nitrogens with zero attached hydrogens (tertiary/aromatic N) is 2. The molecule has 3 rings (SSSR count). The summed E-state index contributed by atoms with van der Waals surface area (Å²) in [6, 6.07) is 13.9. The van der Waals surface area contributed by atoms with E-state index in [1.165, 1.54) is 30.9 Å². The van der Waals surface area contributed by atoms with Crippen molar-refractivity contribution in [1.29, 1.82) is 0 Å². The summed E-state index contributed by atoms with van der Waals surface area (Å²) in [7, 11) is 1.46. The van der Waals surface area contributed by atoms with Crippen LogP contribution in [0.3, 0.4) is 0 Å². The quantitative estimate of drug-likeness (QED) is 0.548. The SMILES string of the molecule is COc1ccc([N+](=O)[O-])cc1NC(=O)C(C)N1C[C@@H](CN)[C@H](c2ccccc2)C1. The first-order valence-corrected chi connectivity index (χ1v) is 9.57. The van der Waals surface area contributed by atoms with Crippen molar-refractivity contribution in [3.8, 4) is 5.75 Å². The molecule has 0 aromatic heterocycles. The third-order valence-corrected chi connectivity index (χ3v) is 5.58. The van der Waals surface area contributed by atoms with Gasteiger partial charge in [-0.2, -0.15) is 0 Å². The second-order valence-corrected chi connectivity index (χ2v) is 7.27. The molecule has 8 nitrogen and oxygen atoms in total. The number of likely N-dealkylation sites (tertiary alicyclic amines) is 1. The molecule has 1 aliphatic heterocycles. The number of nitrogens with one attached hydrogen (secondary N) is 1. The van der Waals surface area contributed by atoms with E-state index in [-0.39, 0.29) is 29.1 Å². The van der Waals surface area contributed by atoms with Crippen LogP contribution in [0.25, 0.3) is 0 Å². The van der Waals surface area contributed by atoms with Gasteiger partial charge in [-0.15, -0.1) is 0 Å². The molecule has 3 atom stereocenters. The van der Waals surface area contributed by atoms with E-state index in [0.717, 1.165) is 13.1 Å². The van der Waals surface area contributed by atoms with Gasteiger partial charge in [0.05, 0.1) is 23.8 Å². The third-order valence-electron chi connectivity index (χ3n) is 5.58. The summed E-state index contributed by atoms with van der Waals surface area (Å²) in [6.07, 6.45) is 0. The van der Waals surface area contributed by atoms with Crippen molar-refractivity contribution in [2.24, 2.45) is 11.7 Å². The molecule has 0 radical (unpaired) electrons. The average molecular weight is 398 g/mol. The van der Waals surface area contributed by atoms with Gasteiger partial charge in [0.1, 0.15) is 5.75 Å². The van der Waals surface area contributed by atoms with Crippen LogP contribution in [0, 0.1) is 16.0 Å². The summed E-state index contributed by atoms with van der Waals surface area (Å²) in [5, 5.41) is 13.8. The van der Waals surface area contributed by atoms with Crippen LogP contribution in [0.4, 0.5) is 11.4 Å². The van der Waals surface area contributed by atoms with E-state index in [9.17, 15) is 14.9 Å². The molecule has 0 bridgehead atoms. The fourth-order valence-electron chi connectivity index (χ4n) is 3.85. The molecule has 2 aromatic rings. The lowest BCUT2D eigenvalue weighted by molar-refractivity contribution is -0.384. The predicted molar refractivity (Wildman–Crippen MR) is 111 cm³/mol. The van der Waals surface area contributed by atoms with Gasteiger partial charge in [0.15, 0.2) is 0 Å². The van der Waals surface area contributed by atoms with E-state index in [1.54, 1.807) is 0 Å². The zero-order valence-electron chi connectivity index (χ0n) is 16.6. The number of non-ortho nitro benzene ring substituents is 1. The first kappa shape index (κ1) is 20.8. The number of nitro benzene ring substituents is 1. The summed E-state index contributed by atoms with van der Waals surface area (Å²) in [6.45, 7) is 3.83. The Bertz CT molecular complexity index is 874. The van der Waals surface area contributed by atoms with Crippen molar-refractivity contribution in [3.63, 3.8) is 0 Å². The molecular formula is C21H26N4O4. The highest BCUT2D eigenvalue weighted by molar-refractivity contribution is 5.96. The van der Waals surface area contributed by atoms with Gasteiger partial charge in [-0.05, 0) is 31.0 Å². The van der Waals surface area contributed by atoms with Crippen molar-refractivity contribution < 1.29 is 14.5 Å². The molecule has 1 saturated heterocycles. The highest BCUT2D eigenvalue weighted by Crippen LogP contribution is 2.34. The second-order valence-electron chi connectivity index (χ2n) is 7.27. The molecule has 2 aromatic carbocycles. The zero-order chi connectivity index (χ0) is 21.0. The van der Waals surface area contributed by atoms with Crippen LogP contribution >= 0.6 is 0 Å². The van der Waals surface area contributed by atoms with Gasteiger partial charge in [0.2, 0.25) is 5.91 Å². The van der Waals surface area contributed by atoms with Crippen LogP contribution in [-0.4, -0.2) is 48.5 Å². The Morgan fingerprint density at radius 3 is 2.66 bits per heavy atom. The van der Waals surface area contributed by atoms with E-state index >= 15 is 0 Å². The number of methoxy groups -OCH3 is 1. The zero-order valence-corrected chi connectivity index (χ0v) is 16.6. The Morgan fingerprint density at radius 1 is 1.31 bits per heavy atom. The number of nitrogens with two attached hydrogens (primary N) is 1. The van der Waals surface area contributed by atoms with Gasteiger partial charge in [-0.1, -0.05) is 30.3 Å². The van der Waals surface area contributed by atoms with Gasteiger partial charge in [-0.25, -0.2) is 0 Å². The van der Waals surface area contributed by atoms with Crippen molar-refractivity contribution in [1.82, 2.24) is 4.90 Å². The standard InChI is InChI=1S/C21H26N4O4/c1-14(21(26)23-19-10-17(25(27)28)8-9-20(19)29-2)24-12-16(11-22)18(13-24)15-6-4-3-5-7-15/h3-10,14,16,18H,11-13,22H2,1-2H3,(H,23,26)/t14?,16-,18+/m1/s1. The molecule has 0 spiro atoms. The Labute approximate surface area is 169 Å². The van der Waals surface area contributed by atoms with Crippen molar-refractivity contribution in [3.05, 3.63) is 64.2 Å². The molecule has 3 N–H and O–H groups in total. The molecule has 0 aliphatic carbocycles. The van der Waals surface area contributed by atoms with Crippen LogP contribution in [0.1, 0.15) is 18.4 Å². The van der Waals surface area contributed by atoms with Crippen LogP contribution in [0.15, 0.2) is 48.5 Å². The first-order chi connectivity index (χ1) is 13.9.